The Hall–Kier alpha value is -3.69. The van der Waals surface area contributed by atoms with Crippen molar-refractivity contribution >= 4 is 29.2 Å². The summed E-state index contributed by atoms with van der Waals surface area (Å²) in [4.78, 5) is 65.8. The van der Waals surface area contributed by atoms with Crippen LogP contribution in [0.3, 0.4) is 0 Å². The van der Waals surface area contributed by atoms with Crippen LogP contribution in [0.15, 0.2) is 48.5 Å². The number of hydrogen-bond donors (Lipinski definition) is 4. The van der Waals surface area contributed by atoms with Gasteiger partial charge in [-0.2, -0.15) is 0 Å². The summed E-state index contributed by atoms with van der Waals surface area (Å²) in [5.41, 5.74) is 15.4. The van der Waals surface area contributed by atoms with Crippen molar-refractivity contribution in [3.8, 4) is 11.1 Å². The van der Waals surface area contributed by atoms with Crippen LogP contribution in [0.25, 0.3) is 11.1 Å². The zero-order chi connectivity index (χ0) is 37.1. The minimum Gasteiger partial charge on any atom is -0.346 e. The van der Waals surface area contributed by atoms with E-state index in [1.807, 2.05) is 26.0 Å². The number of carbonyl (C=O) groups is 5. The maximum Gasteiger partial charge on any atom is 0.224 e. The van der Waals surface area contributed by atoms with Crippen LogP contribution >= 0.6 is 0 Å². The Morgan fingerprint density at radius 3 is 1.78 bits per heavy atom. The van der Waals surface area contributed by atoms with E-state index in [1.165, 1.54) is 12.5 Å². The molecule has 0 radical (unpaired) electrons. The summed E-state index contributed by atoms with van der Waals surface area (Å²) in [6, 6.07) is 14.6. The molecule has 276 valence electrons. The standard InChI is InChI=1S/C41H62N4O5/c1-6-7-12-31-15-17-32(18-16-31)33-19-21-34(22-20-33)38(47)27-35(13-8-10-23-42)41(50)44-36(14-9-11-24-43)39(48)26-29(4)40(49)45-37(30(5)46)25-28(2)3/h15-22,28-29,35-37H,6-14,23-27,42-43H2,1-5H3,(H,44,50)(H,45,49)/t29-,35-,36+,37+/m1/s1. The molecule has 50 heavy (non-hydrogen) atoms. The first-order valence-corrected chi connectivity index (χ1v) is 18.7. The lowest BCUT2D eigenvalue weighted by Gasteiger charge is -2.24. The molecule has 0 aromatic heterocycles. The number of carbonyl (C=O) groups excluding carboxylic acids is 5. The molecule has 2 aromatic carbocycles. The van der Waals surface area contributed by atoms with Gasteiger partial charge in [-0.15, -0.1) is 0 Å². The van der Waals surface area contributed by atoms with Crippen LogP contribution in [-0.2, 0) is 25.6 Å². The van der Waals surface area contributed by atoms with Crippen LogP contribution in [0.4, 0.5) is 0 Å². The smallest absolute Gasteiger partial charge is 0.224 e. The highest BCUT2D eigenvalue weighted by atomic mass is 16.2. The highest BCUT2D eigenvalue weighted by Gasteiger charge is 2.30. The average molecular weight is 691 g/mol. The molecule has 0 saturated carbocycles. The van der Waals surface area contributed by atoms with E-state index in [0.717, 1.165) is 30.4 Å². The molecule has 0 spiro atoms. The number of nitrogens with one attached hydrogen (secondary N) is 2. The minimum atomic E-state index is -0.816. The number of rotatable bonds is 25. The fourth-order valence-electron chi connectivity index (χ4n) is 6.04. The number of Topliss-reactive ketones (excluding diaryl/α,β-unsaturated/α-hetero) is 3. The molecule has 0 fully saturated rings. The molecule has 0 aliphatic carbocycles. The predicted octanol–water partition coefficient (Wildman–Crippen LogP) is 6.34. The molecule has 4 atom stereocenters. The van der Waals surface area contributed by atoms with E-state index in [9.17, 15) is 24.0 Å². The summed E-state index contributed by atoms with van der Waals surface area (Å²) in [7, 11) is 0. The second kappa shape index (κ2) is 22.9. The van der Waals surface area contributed by atoms with Gasteiger partial charge in [0.1, 0.15) is 0 Å². The van der Waals surface area contributed by atoms with Crippen LogP contribution in [0.2, 0.25) is 0 Å². The Kier molecular flexibility index (Phi) is 19.5. The lowest BCUT2D eigenvalue weighted by Crippen LogP contribution is -2.46. The fourth-order valence-corrected chi connectivity index (χ4v) is 6.04. The Bertz CT molecular complexity index is 1360. The monoisotopic (exact) mass is 690 g/mol. The number of aryl methyl sites for hydroxylation is 1. The number of benzene rings is 2. The molecule has 0 aliphatic rings. The SMILES string of the molecule is CCCCc1ccc(-c2ccc(C(=O)C[C@@H](CCCCN)C(=O)N[C@@H](CCCCN)C(=O)C[C@@H](C)C(=O)N[C@@H](CC(C)C)C(C)=O)cc2)cc1. The average Bonchev–Trinajstić information content (AvgIpc) is 3.09. The first-order valence-electron chi connectivity index (χ1n) is 18.7. The van der Waals surface area contributed by atoms with Gasteiger partial charge in [-0.05, 0) is 94.0 Å². The molecule has 0 bridgehead atoms. The Balaban J connectivity index is 2.15. The summed E-state index contributed by atoms with van der Waals surface area (Å²) in [5.74, 6) is -2.36. The van der Waals surface area contributed by atoms with Crippen molar-refractivity contribution in [3.63, 3.8) is 0 Å². The number of ketones is 3. The molecular weight excluding hydrogens is 628 g/mol. The molecule has 0 aliphatic heterocycles. The van der Waals surface area contributed by atoms with Crippen LogP contribution in [0.1, 0.15) is 121 Å². The first-order chi connectivity index (χ1) is 23.9. The van der Waals surface area contributed by atoms with Crippen molar-refractivity contribution in [3.05, 3.63) is 59.7 Å². The third-order valence-corrected chi connectivity index (χ3v) is 9.24. The van der Waals surface area contributed by atoms with Crippen molar-refractivity contribution in [2.45, 2.75) is 124 Å². The second-order valence-electron chi connectivity index (χ2n) is 14.2. The van der Waals surface area contributed by atoms with E-state index < -0.39 is 23.9 Å². The lowest BCUT2D eigenvalue weighted by molar-refractivity contribution is -0.133. The summed E-state index contributed by atoms with van der Waals surface area (Å²) in [5, 5.41) is 5.74. The van der Waals surface area contributed by atoms with Crippen molar-refractivity contribution < 1.29 is 24.0 Å². The van der Waals surface area contributed by atoms with Gasteiger partial charge in [-0.3, -0.25) is 24.0 Å². The zero-order valence-electron chi connectivity index (χ0n) is 31.1. The summed E-state index contributed by atoms with van der Waals surface area (Å²) in [6.07, 6.45) is 7.34. The summed E-state index contributed by atoms with van der Waals surface area (Å²) < 4.78 is 0. The normalized spacial score (nSPS) is 13.7. The van der Waals surface area contributed by atoms with Crippen molar-refractivity contribution in [1.29, 1.82) is 0 Å². The van der Waals surface area contributed by atoms with E-state index in [2.05, 4.69) is 41.8 Å². The number of hydrogen-bond acceptors (Lipinski definition) is 7. The van der Waals surface area contributed by atoms with E-state index in [0.29, 0.717) is 63.6 Å². The summed E-state index contributed by atoms with van der Waals surface area (Å²) >= 11 is 0. The first kappa shape index (κ1) is 42.5. The molecular formula is C41H62N4O5. The van der Waals surface area contributed by atoms with Crippen molar-refractivity contribution in [2.75, 3.05) is 13.1 Å². The summed E-state index contributed by atoms with van der Waals surface area (Å²) in [6.45, 7) is 10.2. The van der Waals surface area contributed by atoms with Crippen molar-refractivity contribution in [1.82, 2.24) is 10.6 Å². The molecule has 6 N–H and O–H groups in total. The molecule has 9 nitrogen and oxygen atoms in total. The van der Waals surface area contributed by atoms with Gasteiger partial charge in [0.05, 0.1) is 12.1 Å². The van der Waals surface area contributed by atoms with Gasteiger partial charge in [-0.25, -0.2) is 0 Å². The van der Waals surface area contributed by atoms with Crippen molar-refractivity contribution in [2.24, 2.45) is 29.2 Å². The molecule has 9 heteroatoms. The quantitative estimate of drug-likeness (QED) is 0.0698. The molecule has 2 amide bonds. The largest absolute Gasteiger partial charge is 0.346 e. The van der Waals surface area contributed by atoms with Gasteiger partial charge in [0.25, 0.3) is 0 Å². The van der Waals surface area contributed by atoms with E-state index in [1.54, 1.807) is 19.1 Å². The maximum atomic E-state index is 13.7. The third kappa shape index (κ3) is 15.1. The minimum absolute atomic E-state index is 0.00663. The number of nitrogens with two attached hydrogens (primary N) is 2. The van der Waals surface area contributed by atoms with Gasteiger partial charge >= 0.3 is 0 Å². The van der Waals surface area contributed by atoms with E-state index in [4.69, 9.17) is 11.5 Å². The van der Waals surface area contributed by atoms with Crippen LogP contribution in [0.5, 0.6) is 0 Å². The van der Waals surface area contributed by atoms with Gasteiger partial charge in [0.15, 0.2) is 17.3 Å². The zero-order valence-corrected chi connectivity index (χ0v) is 31.1. The molecule has 0 heterocycles. The Morgan fingerprint density at radius 2 is 1.24 bits per heavy atom. The van der Waals surface area contributed by atoms with Gasteiger partial charge < -0.3 is 22.1 Å². The van der Waals surface area contributed by atoms with E-state index in [-0.39, 0.29) is 47.9 Å². The number of amides is 2. The van der Waals surface area contributed by atoms with Gasteiger partial charge in [-0.1, -0.05) is 89.1 Å². The van der Waals surface area contributed by atoms with Crippen LogP contribution in [0, 0.1) is 17.8 Å². The molecule has 2 rings (SSSR count). The van der Waals surface area contributed by atoms with Crippen LogP contribution < -0.4 is 22.1 Å². The van der Waals surface area contributed by atoms with Gasteiger partial charge in [0.2, 0.25) is 11.8 Å². The second-order valence-corrected chi connectivity index (χ2v) is 14.2. The number of unbranched alkanes of at least 4 members (excludes halogenated alkanes) is 3. The Labute approximate surface area is 300 Å². The highest BCUT2D eigenvalue weighted by Crippen LogP contribution is 2.24. The predicted molar refractivity (Wildman–Crippen MR) is 202 cm³/mol. The lowest BCUT2D eigenvalue weighted by atomic mass is 9.90. The maximum absolute atomic E-state index is 13.7. The topological polar surface area (TPSA) is 161 Å². The van der Waals surface area contributed by atoms with Gasteiger partial charge in [0, 0.05) is 30.2 Å². The highest BCUT2D eigenvalue weighted by molar-refractivity contribution is 6.00. The van der Waals surface area contributed by atoms with Crippen LogP contribution in [-0.4, -0.2) is 54.3 Å². The van der Waals surface area contributed by atoms with E-state index >= 15 is 0 Å². The Morgan fingerprint density at radius 1 is 0.680 bits per heavy atom. The molecule has 0 saturated heterocycles. The fraction of sp³-hybridized carbons (Fsp3) is 0.585. The molecule has 0 unspecified atom stereocenters. The third-order valence-electron chi connectivity index (χ3n) is 9.24. The molecule has 2 aromatic rings.